The maximum atomic E-state index is 12.8. The zero-order valence-corrected chi connectivity index (χ0v) is 18.4. The van der Waals surface area contributed by atoms with E-state index in [0.717, 1.165) is 22.4 Å². The number of benzene rings is 2. The first-order valence-electron chi connectivity index (χ1n) is 10.2. The number of carbonyl (C=O) groups is 1. The molecule has 0 N–H and O–H groups in total. The molecular formula is C24H18N6O2S. The molecule has 0 fully saturated rings. The van der Waals surface area contributed by atoms with E-state index in [-0.39, 0.29) is 17.4 Å². The number of pyridine rings is 1. The van der Waals surface area contributed by atoms with Gasteiger partial charge in [0.05, 0.1) is 11.4 Å². The van der Waals surface area contributed by atoms with Crippen LogP contribution in [0.4, 0.5) is 0 Å². The van der Waals surface area contributed by atoms with Crippen molar-refractivity contribution in [2.75, 3.05) is 5.75 Å². The lowest BCUT2D eigenvalue weighted by Crippen LogP contribution is -2.06. The van der Waals surface area contributed by atoms with Crippen molar-refractivity contribution in [3.63, 3.8) is 0 Å². The number of Topliss-reactive ketones (excluding diaryl/α,β-unsaturated/α-hetero) is 1. The molecule has 3 heterocycles. The third kappa shape index (κ3) is 4.31. The Labute approximate surface area is 193 Å². The zero-order valence-electron chi connectivity index (χ0n) is 17.6. The largest absolute Gasteiger partial charge is 0.414 e. The summed E-state index contributed by atoms with van der Waals surface area (Å²) in [5, 5.41) is 17.3. The summed E-state index contributed by atoms with van der Waals surface area (Å²) in [6.45, 7) is 2.02. The zero-order chi connectivity index (χ0) is 22.6. The topological polar surface area (TPSA) is 99.6 Å². The van der Waals surface area contributed by atoms with Crippen molar-refractivity contribution in [1.29, 1.82) is 0 Å². The molecule has 0 aliphatic rings. The lowest BCUT2D eigenvalue weighted by Gasteiger charge is -2.12. The predicted molar refractivity (Wildman–Crippen MR) is 124 cm³/mol. The molecule has 0 atom stereocenters. The summed E-state index contributed by atoms with van der Waals surface area (Å²) in [5.41, 5.74) is 3.64. The van der Waals surface area contributed by atoms with Crippen molar-refractivity contribution < 1.29 is 9.21 Å². The van der Waals surface area contributed by atoms with E-state index >= 15 is 0 Å². The third-order valence-electron chi connectivity index (χ3n) is 4.94. The SMILES string of the molecule is Cc1ccccc1-n1c(SCC(=O)c2nnc(-c3ccccc3)o2)nnc1-c1ccncc1. The molecule has 0 radical (unpaired) electrons. The Kier molecular flexibility index (Phi) is 5.77. The molecule has 0 bridgehead atoms. The van der Waals surface area contributed by atoms with Gasteiger partial charge in [-0.3, -0.25) is 14.3 Å². The number of carbonyl (C=O) groups excluding carboxylic acids is 1. The van der Waals surface area contributed by atoms with E-state index in [2.05, 4.69) is 25.4 Å². The number of hydrogen-bond donors (Lipinski definition) is 0. The van der Waals surface area contributed by atoms with E-state index in [0.29, 0.717) is 16.9 Å². The van der Waals surface area contributed by atoms with Gasteiger partial charge in [-0.05, 0) is 42.8 Å². The summed E-state index contributed by atoms with van der Waals surface area (Å²) in [4.78, 5) is 16.9. The normalized spacial score (nSPS) is 10.9. The van der Waals surface area contributed by atoms with Gasteiger partial charge in [0, 0.05) is 23.5 Å². The first-order chi connectivity index (χ1) is 16.2. The molecule has 33 heavy (non-hydrogen) atoms. The fraction of sp³-hybridized carbons (Fsp3) is 0.0833. The molecule has 0 saturated carbocycles. The first kappa shape index (κ1) is 20.8. The number of aromatic nitrogens is 6. The van der Waals surface area contributed by atoms with E-state index in [1.165, 1.54) is 11.8 Å². The van der Waals surface area contributed by atoms with Crippen molar-refractivity contribution in [3.8, 4) is 28.5 Å². The highest BCUT2D eigenvalue weighted by molar-refractivity contribution is 7.99. The van der Waals surface area contributed by atoms with Crippen LogP contribution in [-0.2, 0) is 0 Å². The highest BCUT2D eigenvalue weighted by Gasteiger charge is 2.21. The number of para-hydroxylation sites is 1. The second-order valence-corrected chi connectivity index (χ2v) is 8.10. The number of thioether (sulfide) groups is 1. The Bertz CT molecular complexity index is 1400. The second-order valence-electron chi connectivity index (χ2n) is 7.15. The molecule has 0 saturated heterocycles. The minimum atomic E-state index is -0.278. The van der Waals surface area contributed by atoms with Crippen LogP contribution in [0.1, 0.15) is 16.2 Å². The van der Waals surface area contributed by atoms with E-state index < -0.39 is 0 Å². The van der Waals surface area contributed by atoms with Gasteiger partial charge in [-0.1, -0.05) is 48.2 Å². The molecule has 3 aromatic heterocycles. The molecule has 0 amide bonds. The number of aryl methyl sites for hydroxylation is 1. The van der Waals surface area contributed by atoms with Gasteiger partial charge < -0.3 is 4.42 Å². The predicted octanol–water partition coefficient (Wildman–Crippen LogP) is 4.66. The minimum Gasteiger partial charge on any atom is -0.414 e. The molecule has 0 spiro atoms. The quantitative estimate of drug-likeness (QED) is 0.259. The maximum Gasteiger partial charge on any atom is 0.285 e. The van der Waals surface area contributed by atoms with Crippen LogP contribution < -0.4 is 0 Å². The fourth-order valence-corrected chi connectivity index (χ4v) is 4.10. The lowest BCUT2D eigenvalue weighted by atomic mass is 10.2. The number of rotatable bonds is 7. The standard InChI is InChI=1S/C24H18N6O2S/c1-16-7-5-6-10-19(16)30-21(17-11-13-25-14-12-17)26-29-24(30)33-15-20(31)23-28-27-22(32-23)18-8-3-2-4-9-18/h2-14H,15H2,1H3. The summed E-state index contributed by atoms with van der Waals surface area (Å²) >= 11 is 1.27. The molecule has 5 rings (SSSR count). The second kappa shape index (κ2) is 9.17. The van der Waals surface area contributed by atoms with Crippen LogP contribution in [0.2, 0.25) is 0 Å². The third-order valence-corrected chi connectivity index (χ3v) is 5.87. The Morgan fingerprint density at radius 1 is 0.879 bits per heavy atom. The van der Waals surface area contributed by atoms with Crippen LogP contribution in [-0.4, -0.2) is 41.5 Å². The molecule has 2 aromatic carbocycles. The van der Waals surface area contributed by atoms with Crippen molar-refractivity contribution in [1.82, 2.24) is 29.9 Å². The van der Waals surface area contributed by atoms with E-state index in [1.807, 2.05) is 78.2 Å². The van der Waals surface area contributed by atoms with Gasteiger partial charge in [0.2, 0.25) is 11.7 Å². The number of ketones is 1. The highest BCUT2D eigenvalue weighted by atomic mass is 32.2. The molecule has 8 nitrogen and oxygen atoms in total. The van der Waals surface area contributed by atoms with Gasteiger partial charge in [-0.15, -0.1) is 20.4 Å². The summed E-state index contributed by atoms with van der Waals surface area (Å²) in [6.07, 6.45) is 3.42. The number of hydrogen-bond acceptors (Lipinski definition) is 8. The summed E-state index contributed by atoms with van der Waals surface area (Å²) in [5.74, 6) is 0.756. The van der Waals surface area contributed by atoms with E-state index in [1.54, 1.807) is 12.4 Å². The van der Waals surface area contributed by atoms with Crippen LogP contribution in [0.15, 0.2) is 88.7 Å². The van der Waals surface area contributed by atoms with Crippen molar-refractivity contribution in [2.45, 2.75) is 12.1 Å². The Morgan fingerprint density at radius 2 is 1.64 bits per heavy atom. The van der Waals surface area contributed by atoms with E-state index in [4.69, 9.17) is 4.42 Å². The monoisotopic (exact) mass is 454 g/mol. The number of nitrogens with zero attached hydrogens (tertiary/aromatic N) is 6. The van der Waals surface area contributed by atoms with Gasteiger partial charge in [-0.25, -0.2) is 0 Å². The van der Waals surface area contributed by atoms with Crippen LogP contribution in [0.3, 0.4) is 0 Å². The molecular weight excluding hydrogens is 436 g/mol. The van der Waals surface area contributed by atoms with Gasteiger partial charge in [-0.2, -0.15) is 0 Å². The Balaban J connectivity index is 1.42. The van der Waals surface area contributed by atoms with Crippen LogP contribution in [0.5, 0.6) is 0 Å². The van der Waals surface area contributed by atoms with Crippen molar-refractivity contribution >= 4 is 17.5 Å². The molecule has 162 valence electrons. The van der Waals surface area contributed by atoms with Gasteiger partial charge >= 0.3 is 0 Å². The summed E-state index contributed by atoms with van der Waals surface area (Å²) in [7, 11) is 0. The lowest BCUT2D eigenvalue weighted by molar-refractivity contribution is 0.0986. The van der Waals surface area contributed by atoms with Crippen LogP contribution in [0, 0.1) is 6.92 Å². The van der Waals surface area contributed by atoms with Gasteiger partial charge in [0.1, 0.15) is 0 Å². The smallest absolute Gasteiger partial charge is 0.285 e. The Morgan fingerprint density at radius 3 is 2.42 bits per heavy atom. The van der Waals surface area contributed by atoms with Crippen LogP contribution in [0.25, 0.3) is 28.5 Å². The van der Waals surface area contributed by atoms with Crippen molar-refractivity contribution in [3.05, 3.63) is 90.6 Å². The average Bonchev–Trinajstić information content (AvgIpc) is 3.52. The molecule has 5 aromatic rings. The molecule has 0 aliphatic carbocycles. The Hall–Kier alpha value is -4.11. The van der Waals surface area contributed by atoms with Gasteiger partial charge in [0.25, 0.3) is 5.89 Å². The average molecular weight is 455 g/mol. The van der Waals surface area contributed by atoms with Crippen LogP contribution >= 0.6 is 11.8 Å². The maximum absolute atomic E-state index is 12.8. The van der Waals surface area contributed by atoms with E-state index in [9.17, 15) is 4.79 Å². The molecule has 9 heteroatoms. The highest BCUT2D eigenvalue weighted by Crippen LogP contribution is 2.29. The summed E-state index contributed by atoms with van der Waals surface area (Å²) in [6, 6.07) is 21.0. The van der Waals surface area contributed by atoms with Crippen molar-refractivity contribution in [2.24, 2.45) is 0 Å². The fourth-order valence-electron chi connectivity index (χ4n) is 3.31. The minimum absolute atomic E-state index is 0.0299. The molecule has 0 aliphatic heterocycles. The molecule has 0 unspecified atom stereocenters. The first-order valence-corrected chi connectivity index (χ1v) is 11.2. The summed E-state index contributed by atoms with van der Waals surface area (Å²) < 4.78 is 7.54. The van der Waals surface area contributed by atoms with Gasteiger partial charge in [0.15, 0.2) is 11.0 Å².